The molecule has 0 saturated carbocycles. The van der Waals surface area contributed by atoms with E-state index in [1.165, 1.54) is 4.90 Å². The molecule has 2 aromatic carbocycles. The number of halogens is 1. The molecule has 6 heteroatoms. The predicted molar refractivity (Wildman–Crippen MR) is 91.2 cm³/mol. The quantitative estimate of drug-likeness (QED) is 0.873. The normalized spacial score (nSPS) is 9.95. The minimum absolute atomic E-state index is 0.115. The zero-order chi connectivity index (χ0) is 16.1. The summed E-state index contributed by atoms with van der Waals surface area (Å²) < 4.78 is 0.879. The Morgan fingerprint density at radius 1 is 0.955 bits per heavy atom. The lowest BCUT2D eigenvalue weighted by molar-refractivity contribution is 0.0827. The van der Waals surface area contributed by atoms with Crippen LogP contribution in [0.2, 0.25) is 0 Å². The van der Waals surface area contributed by atoms with Gasteiger partial charge in [0.2, 0.25) is 0 Å². The van der Waals surface area contributed by atoms with Crippen LogP contribution < -0.4 is 10.6 Å². The molecule has 0 heterocycles. The first-order valence-corrected chi connectivity index (χ1v) is 7.40. The number of amides is 3. The van der Waals surface area contributed by atoms with E-state index in [-0.39, 0.29) is 11.9 Å². The van der Waals surface area contributed by atoms with Gasteiger partial charge in [0.15, 0.2) is 0 Å². The Hall–Kier alpha value is -2.34. The Morgan fingerprint density at radius 3 is 2.14 bits per heavy atom. The number of carbonyl (C=O) groups excluding carboxylic acids is 2. The first-order valence-electron chi connectivity index (χ1n) is 6.61. The molecule has 0 spiro atoms. The van der Waals surface area contributed by atoms with Crippen LogP contribution in [0.15, 0.2) is 53.0 Å². The highest BCUT2D eigenvalue weighted by Crippen LogP contribution is 2.16. The lowest BCUT2D eigenvalue weighted by Crippen LogP contribution is -2.22. The standard InChI is InChI=1S/C16H16BrN3O2/c1-20(2)15(21)11-5-3-7-13(9-11)18-16(22)19-14-8-4-6-12(17)10-14/h3-10H,1-2H3,(H2,18,19,22). The molecule has 2 N–H and O–H groups in total. The van der Waals surface area contributed by atoms with Crippen molar-refractivity contribution in [1.82, 2.24) is 4.90 Å². The molecule has 0 unspecified atom stereocenters. The average Bonchev–Trinajstić information content (AvgIpc) is 2.46. The molecule has 0 aliphatic heterocycles. The number of benzene rings is 2. The summed E-state index contributed by atoms with van der Waals surface area (Å²) in [6.07, 6.45) is 0. The highest BCUT2D eigenvalue weighted by atomic mass is 79.9. The zero-order valence-corrected chi connectivity index (χ0v) is 13.8. The number of nitrogens with zero attached hydrogens (tertiary/aromatic N) is 1. The van der Waals surface area contributed by atoms with Crippen molar-refractivity contribution in [2.45, 2.75) is 0 Å². The van der Waals surface area contributed by atoms with E-state index in [4.69, 9.17) is 0 Å². The molecule has 5 nitrogen and oxygen atoms in total. The van der Waals surface area contributed by atoms with Crippen LogP contribution >= 0.6 is 15.9 Å². The summed E-state index contributed by atoms with van der Waals surface area (Å²) in [4.78, 5) is 25.4. The second-order valence-corrected chi connectivity index (χ2v) is 5.79. The van der Waals surface area contributed by atoms with Crippen molar-refractivity contribution >= 4 is 39.2 Å². The van der Waals surface area contributed by atoms with Gasteiger partial charge in [-0.2, -0.15) is 0 Å². The van der Waals surface area contributed by atoms with Gasteiger partial charge in [0, 0.05) is 35.5 Å². The lowest BCUT2D eigenvalue weighted by atomic mass is 10.2. The topological polar surface area (TPSA) is 61.4 Å². The molecular formula is C16H16BrN3O2. The fourth-order valence-electron chi connectivity index (χ4n) is 1.85. The number of rotatable bonds is 3. The van der Waals surface area contributed by atoms with Crippen molar-refractivity contribution in [1.29, 1.82) is 0 Å². The summed E-state index contributed by atoms with van der Waals surface area (Å²) >= 11 is 3.34. The Bertz CT molecular complexity index is 701. The molecule has 0 atom stereocenters. The molecule has 0 aliphatic rings. The molecule has 0 aliphatic carbocycles. The second-order valence-electron chi connectivity index (χ2n) is 4.87. The fraction of sp³-hybridized carbons (Fsp3) is 0.125. The molecule has 0 radical (unpaired) electrons. The Morgan fingerprint density at radius 2 is 1.55 bits per heavy atom. The minimum Gasteiger partial charge on any atom is -0.345 e. The van der Waals surface area contributed by atoms with Crippen molar-refractivity contribution in [3.63, 3.8) is 0 Å². The first-order chi connectivity index (χ1) is 10.5. The molecule has 0 bridgehead atoms. The van der Waals surface area contributed by atoms with Crippen molar-refractivity contribution in [3.8, 4) is 0 Å². The van der Waals surface area contributed by atoms with Gasteiger partial charge in [-0.25, -0.2) is 4.79 Å². The molecule has 114 valence electrons. The second kappa shape index (κ2) is 7.09. The third-order valence-corrected chi connectivity index (χ3v) is 3.35. The fourth-order valence-corrected chi connectivity index (χ4v) is 2.25. The monoisotopic (exact) mass is 361 g/mol. The van der Waals surface area contributed by atoms with Gasteiger partial charge in [0.05, 0.1) is 0 Å². The summed E-state index contributed by atoms with van der Waals surface area (Å²) in [6.45, 7) is 0. The van der Waals surface area contributed by atoms with E-state index >= 15 is 0 Å². The molecule has 22 heavy (non-hydrogen) atoms. The number of anilines is 2. The highest BCUT2D eigenvalue weighted by Gasteiger charge is 2.09. The number of urea groups is 1. The summed E-state index contributed by atoms with van der Waals surface area (Å²) in [7, 11) is 3.37. The van der Waals surface area contributed by atoms with E-state index in [9.17, 15) is 9.59 Å². The van der Waals surface area contributed by atoms with E-state index in [1.54, 1.807) is 50.5 Å². The third kappa shape index (κ3) is 4.33. The number of carbonyl (C=O) groups is 2. The first kappa shape index (κ1) is 16.0. The Kier molecular flexibility index (Phi) is 5.16. The molecule has 3 amide bonds. The van der Waals surface area contributed by atoms with Gasteiger partial charge in [-0.3, -0.25) is 4.79 Å². The van der Waals surface area contributed by atoms with Gasteiger partial charge in [-0.1, -0.05) is 28.1 Å². The maximum absolute atomic E-state index is 12.0. The Labute approximate surface area is 137 Å². The summed E-state index contributed by atoms with van der Waals surface area (Å²) in [6, 6.07) is 13.7. The third-order valence-electron chi connectivity index (χ3n) is 2.86. The van der Waals surface area contributed by atoms with Crippen molar-refractivity contribution in [3.05, 3.63) is 58.6 Å². The molecule has 0 aromatic heterocycles. The Balaban J connectivity index is 2.06. The van der Waals surface area contributed by atoms with Crippen LogP contribution in [0.5, 0.6) is 0 Å². The molecule has 2 rings (SSSR count). The highest BCUT2D eigenvalue weighted by molar-refractivity contribution is 9.10. The number of hydrogen-bond donors (Lipinski definition) is 2. The average molecular weight is 362 g/mol. The van der Waals surface area contributed by atoms with Crippen LogP contribution in [0.3, 0.4) is 0 Å². The summed E-state index contributed by atoms with van der Waals surface area (Å²) in [5, 5.41) is 5.44. The van der Waals surface area contributed by atoms with Gasteiger partial charge in [-0.15, -0.1) is 0 Å². The van der Waals surface area contributed by atoms with Crippen molar-refractivity contribution < 1.29 is 9.59 Å². The summed E-state index contributed by atoms with van der Waals surface area (Å²) in [5.74, 6) is -0.115. The van der Waals surface area contributed by atoms with Gasteiger partial charge < -0.3 is 15.5 Å². The molecule has 0 fully saturated rings. The minimum atomic E-state index is -0.368. The summed E-state index contributed by atoms with van der Waals surface area (Å²) in [5.41, 5.74) is 1.75. The van der Waals surface area contributed by atoms with Gasteiger partial charge >= 0.3 is 6.03 Å². The smallest absolute Gasteiger partial charge is 0.323 e. The predicted octanol–water partition coefficient (Wildman–Crippen LogP) is 3.79. The van der Waals surface area contributed by atoms with Crippen LogP contribution in [-0.4, -0.2) is 30.9 Å². The van der Waals surface area contributed by atoms with Gasteiger partial charge in [-0.05, 0) is 36.4 Å². The largest absolute Gasteiger partial charge is 0.345 e. The number of nitrogens with one attached hydrogen (secondary N) is 2. The number of hydrogen-bond acceptors (Lipinski definition) is 2. The molecular weight excluding hydrogens is 346 g/mol. The van der Waals surface area contributed by atoms with Crippen LogP contribution in [0, 0.1) is 0 Å². The maximum atomic E-state index is 12.0. The molecule has 0 saturated heterocycles. The molecule has 2 aromatic rings. The van der Waals surface area contributed by atoms with Gasteiger partial charge in [0.1, 0.15) is 0 Å². The van der Waals surface area contributed by atoms with Crippen LogP contribution in [-0.2, 0) is 0 Å². The van der Waals surface area contributed by atoms with E-state index in [0.29, 0.717) is 16.9 Å². The SMILES string of the molecule is CN(C)C(=O)c1cccc(NC(=O)Nc2cccc(Br)c2)c1. The van der Waals surface area contributed by atoms with E-state index in [2.05, 4.69) is 26.6 Å². The van der Waals surface area contributed by atoms with Crippen molar-refractivity contribution in [2.75, 3.05) is 24.7 Å². The van der Waals surface area contributed by atoms with E-state index < -0.39 is 0 Å². The zero-order valence-electron chi connectivity index (χ0n) is 12.3. The van der Waals surface area contributed by atoms with Crippen molar-refractivity contribution in [2.24, 2.45) is 0 Å². The van der Waals surface area contributed by atoms with E-state index in [1.807, 2.05) is 12.1 Å². The van der Waals surface area contributed by atoms with Gasteiger partial charge in [0.25, 0.3) is 5.91 Å². The van der Waals surface area contributed by atoms with Crippen LogP contribution in [0.1, 0.15) is 10.4 Å². The van der Waals surface area contributed by atoms with Crippen LogP contribution in [0.4, 0.5) is 16.2 Å². The van der Waals surface area contributed by atoms with Crippen LogP contribution in [0.25, 0.3) is 0 Å². The maximum Gasteiger partial charge on any atom is 0.323 e. The van der Waals surface area contributed by atoms with E-state index in [0.717, 1.165) is 4.47 Å². The lowest BCUT2D eigenvalue weighted by Gasteiger charge is -2.12.